The van der Waals surface area contributed by atoms with Crippen LogP contribution in [0.15, 0.2) is 60.9 Å². The van der Waals surface area contributed by atoms with Gasteiger partial charge in [-0.05, 0) is 36.1 Å². The predicted octanol–water partition coefficient (Wildman–Crippen LogP) is 3.23. The number of ether oxygens (including phenoxy) is 1. The molecule has 1 aromatic heterocycles. The zero-order valence-electron chi connectivity index (χ0n) is 18.3. The second kappa shape index (κ2) is 9.14. The Balaban J connectivity index is 1.25. The van der Waals surface area contributed by atoms with E-state index in [0.29, 0.717) is 12.4 Å². The fourth-order valence-corrected chi connectivity index (χ4v) is 4.83. The van der Waals surface area contributed by atoms with Gasteiger partial charge in [-0.15, -0.1) is 0 Å². The van der Waals surface area contributed by atoms with Crippen molar-refractivity contribution < 1.29 is 9.84 Å². The molecular formula is C25H29N5O2. The van der Waals surface area contributed by atoms with Crippen molar-refractivity contribution in [2.45, 2.75) is 31.5 Å². The van der Waals surface area contributed by atoms with Crippen LogP contribution in [-0.4, -0.2) is 58.9 Å². The second-order valence-electron chi connectivity index (χ2n) is 8.45. The van der Waals surface area contributed by atoms with Gasteiger partial charge in [-0.2, -0.15) is 0 Å². The van der Waals surface area contributed by atoms with Crippen molar-refractivity contribution in [3.63, 3.8) is 0 Å². The summed E-state index contributed by atoms with van der Waals surface area (Å²) in [4.78, 5) is 13.4. The van der Waals surface area contributed by atoms with Crippen LogP contribution in [0.2, 0.25) is 0 Å². The first kappa shape index (κ1) is 20.7. The third kappa shape index (κ3) is 4.26. The number of hydrogen-bond donors (Lipinski definition) is 2. The van der Waals surface area contributed by atoms with E-state index >= 15 is 0 Å². The molecule has 2 aromatic carbocycles. The van der Waals surface area contributed by atoms with E-state index in [-0.39, 0.29) is 6.04 Å². The molecular weight excluding hydrogens is 402 g/mol. The summed E-state index contributed by atoms with van der Waals surface area (Å²) < 4.78 is 5.42. The summed E-state index contributed by atoms with van der Waals surface area (Å²) in [6, 6.07) is 18.5. The molecule has 166 valence electrons. The van der Waals surface area contributed by atoms with E-state index in [1.807, 2.05) is 30.3 Å². The van der Waals surface area contributed by atoms with Gasteiger partial charge >= 0.3 is 0 Å². The highest BCUT2D eigenvalue weighted by atomic mass is 16.5. The van der Waals surface area contributed by atoms with E-state index in [9.17, 15) is 5.11 Å². The van der Waals surface area contributed by atoms with E-state index in [4.69, 9.17) is 4.74 Å². The predicted molar refractivity (Wildman–Crippen MR) is 125 cm³/mol. The fourth-order valence-electron chi connectivity index (χ4n) is 4.83. The number of aliphatic hydroxyl groups is 1. The summed E-state index contributed by atoms with van der Waals surface area (Å²) in [6.07, 6.45) is 3.09. The van der Waals surface area contributed by atoms with Crippen LogP contribution in [-0.2, 0) is 13.0 Å². The molecule has 2 unspecified atom stereocenters. The first-order valence-electron chi connectivity index (χ1n) is 11.2. The maximum absolute atomic E-state index is 11.0. The molecule has 0 aliphatic carbocycles. The Morgan fingerprint density at radius 1 is 1.03 bits per heavy atom. The quantitative estimate of drug-likeness (QED) is 0.643. The van der Waals surface area contributed by atoms with Crippen molar-refractivity contribution in [1.29, 1.82) is 0 Å². The molecule has 1 fully saturated rings. The Hall–Kier alpha value is -3.16. The number of benzene rings is 2. The average Bonchev–Trinajstić information content (AvgIpc) is 2.84. The van der Waals surface area contributed by atoms with Crippen molar-refractivity contribution >= 4 is 17.3 Å². The lowest BCUT2D eigenvalue weighted by Gasteiger charge is -2.43. The molecule has 32 heavy (non-hydrogen) atoms. The lowest BCUT2D eigenvalue weighted by atomic mass is 9.94. The minimum absolute atomic E-state index is 0.174. The zero-order valence-corrected chi connectivity index (χ0v) is 18.3. The van der Waals surface area contributed by atoms with Crippen LogP contribution >= 0.6 is 0 Å². The van der Waals surface area contributed by atoms with E-state index in [1.165, 1.54) is 11.1 Å². The molecule has 0 amide bonds. The number of anilines is 3. The molecule has 0 bridgehead atoms. The summed E-state index contributed by atoms with van der Waals surface area (Å²) in [5.74, 6) is 2.27. The molecule has 2 aliphatic rings. The molecule has 0 radical (unpaired) electrons. The van der Waals surface area contributed by atoms with Gasteiger partial charge in [0, 0.05) is 38.3 Å². The minimum Gasteiger partial charge on any atom is -0.495 e. The Bertz CT molecular complexity index is 1080. The third-order valence-electron chi connectivity index (χ3n) is 6.52. The maximum Gasteiger partial charge on any atom is 0.142 e. The summed E-state index contributed by atoms with van der Waals surface area (Å²) in [7, 11) is 1.65. The molecule has 1 saturated heterocycles. The third-order valence-corrected chi connectivity index (χ3v) is 6.52. The van der Waals surface area contributed by atoms with Gasteiger partial charge in [-0.1, -0.05) is 36.4 Å². The highest BCUT2D eigenvalue weighted by Crippen LogP contribution is 2.29. The summed E-state index contributed by atoms with van der Waals surface area (Å²) in [6.45, 7) is 3.33. The SMILES string of the molecule is COc1ccccc1Nc1cc(N2CCC(N3CCc4ccccc4C3)C(O)C2)ncn1. The van der Waals surface area contributed by atoms with Gasteiger partial charge in [0.15, 0.2) is 0 Å². The van der Waals surface area contributed by atoms with E-state index < -0.39 is 6.10 Å². The van der Waals surface area contributed by atoms with Gasteiger partial charge in [-0.3, -0.25) is 4.90 Å². The zero-order chi connectivity index (χ0) is 21.9. The molecule has 7 nitrogen and oxygen atoms in total. The number of methoxy groups -OCH3 is 1. The summed E-state index contributed by atoms with van der Waals surface area (Å²) in [5, 5.41) is 14.3. The van der Waals surface area contributed by atoms with Crippen LogP contribution in [0.4, 0.5) is 17.3 Å². The minimum atomic E-state index is -0.422. The van der Waals surface area contributed by atoms with Crippen molar-refractivity contribution in [3.05, 3.63) is 72.1 Å². The van der Waals surface area contributed by atoms with Gasteiger partial charge in [0.1, 0.15) is 23.7 Å². The van der Waals surface area contributed by atoms with E-state index in [2.05, 4.69) is 49.4 Å². The number of hydrogen-bond acceptors (Lipinski definition) is 7. The summed E-state index contributed by atoms with van der Waals surface area (Å²) >= 11 is 0. The Morgan fingerprint density at radius 2 is 1.84 bits per heavy atom. The molecule has 0 saturated carbocycles. The van der Waals surface area contributed by atoms with E-state index in [1.54, 1.807) is 13.4 Å². The Morgan fingerprint density at radius 3 is 2.69 bits per heavy atom. The molecule has 3 heterocycles. The van der Waals surface area contributed by atoms with Gasteiger partial charge < -0.3 is 20.1 Å². The number of piperidine rings is 1. The van der Waals surface area contributed by atoms with Crippen molar-refractivity contribution in [3.8, 4) is 5.75 Å². The number of rotatable bonds is 5. The highest BCUT2D eigenvalue weighted by Gasteiger charge is 2.34. The van der Waals surface area contributed by atoms with Crippen LogP contribution in [0, 0.1) is 0 Å². The van der Waals surface area contributed by atoms with Crippen LogP contribution in [0.3, 0.4) is 0 Å². The van der Waals surface area contributed by atoms with Crippen LogP contribution < -0.4 is 15.0 Å². The largest absolute Gasteiger partial charge is 0.495 e. The fraction of sp³-hybridized carbons (Fsp3) is 0.360. The van der Waals surface area contributed by atoms with Gasteiger partial charge in [-0.25, -0.2) is 9.97 Å². The number of aliphatic hydroxyl groups excluding tert-OH is 1. The lowest BCUT2D eigenvalue weighted by molar-refractivity contribution is 0.0293. The Labute approximate surface area is 188 Å². The van der Waals surface area contributed by atoms with Gasteiger partial charge in [0.25, 0.3) is 0 Å². The summed E-state index contributed by atoms with van der Waals surface area (Å²) in [5.41, 5.74) is 3.67. The number of fused-ring (bicyclic) bond motifs is 1. The number of β-amino-alcohol motifs (C(OH)–C–C–N with tert-alkyl or cyclic N) is 1. The first-order valence-corrected chi connectivity index (χ1v) is 11.2. The van der Waals surface area contributed by atoms with Crippen LogP contribution in [0.5, 0.6) is 5.75 Å². The number of aromatic nitrogens is 2. The highest BCUT2D eigenvalue weighted by molar-refractivity contribution is 5.65. The van der Waals surface area contributed by atoms with Gasteiger partial charge in [0.2, 0.25) is 0 Å². The average molecular weight is 432 g/mol. The van der Waals surface area contributed by atoms with Crippen LogP contribution in [0.25, 0.3) is 0 Å². The molecule has 0 spiro atoms. The molecule has 2 atom stereocenters. The second-order valence-corrected chi connectivity index (χ2v) is 8.45. The molecule has 2 aliphatic heterocycles. The standard InChI is InChI=1S/C25H29N5O2/c1-32-23-9-5-4-8-20(23)28-24-14-25(27-17-26-24)30-13-11-21(22(31)16-30)29-12-10-18-6-2-3-7-19(18)15-29/h2-9,14,17,21-22,31H,10-13,15-16H2,1H3,(H,26,27,28). The van der Waals surface area contributed by atoms with Crippen molar-refractivity contribution in [1.82, 2.24) is 14.9 Å². The Kier molecular flexibility index (Phi) is 5.92. The number of nitrogens with one attached hydrogen (secondary N) is 1. The molecule has 3 aromatic rings. The van der Waals surface area contributed by atoms with Crippen LogP contribution in [0.1, 0.15) is 17.5 Å². The monoisotopic (exact) mass is 431 g/mol. The van der Waals surface area contributed by atoms with Crippen molar-refractivity contribution in [2.75, 3.05) is 37.0 Å². The topological polar surface area (TPSA) is 73.8 Å². The lowest BCUT2D eigenvalue weighted by Crippen LogP contribution is -2.55. The molecule has 2 N–H and O–H groups in total. The molecule has 5 rings (SSSR count). The van der Waals surface area contributed by atoms with Crippen molar-refractivity contribution in [2.24, 2.45) is 0 Å². The van der Waals surface area contributed by atoms with E-state index in [0.717, 1.165) is 49.7 Å². The molecule has 7 heteroatoms. The number of nitrogens with zero attached hydrogens (tertiary/aromatic N) is 4. The normalized spacial score (nSPS) is 21.1. The smallest absolute Gasteiger partial charge is 0.142 e. The van der Waals surface area contributed by atoms with Gasteiger partial charge in [0.05, 0.1) is 18.9 Å². The number of para-hydroxylation sites is 2. The first-order chi connectivity index (χ1) is 15.7. The maximum atomic E-state index is 11.0.